The van der Waals surface area contributed by atoms with E-state index in [1.807, 2.05) is 19.1 Å². The summed E-state index contributed by atoms with van der Waals surface area (Å²) in [5.41, 5.74) is 6.77. The van der Waals surface area contributed by atoms with Gasteiger partial charge in [0.05, 0.1) is 12.2 Å². The lowest BCUT2D eigenvalue weighted by Gasteiger charge is -2.11. The van der Waals surface area contributed by atoms with Gasteiger partial charge in [-0.3, -0.25) is 0 Å². The van der Waals surface area contributed by atoms with Crippen LogP contribution in [-0.2, 0) is 6.54 Å². The highest BCUT2D eigenvalue weighted by atomic mass is 14.9. The van der Waals surface area contributed by atoms with Crippen molar-refractivity contribution in [2.75, 3.05) is 0 Å². The van der Waals surface area contributed by atoms with E-state index >= 15 is 0 Å². The Bertz CT molecular complexity index is 828. The Labute approximate surface area is 177 Å². The van der Waals surface area contributed by atoms with Gasteiger partial charge in [-0.1, -0.05) is 63.8 Å². The van der Waals surface area contributed by atoms with Crippen molar-refractivity contribution in [2.45, 2.75) is 66.8 Å². The summed E-state index contributed by atoms with van der Waals surface area (Å²) in [6.45, 7) is 15.6. The van der Waals surface area contributed by atoms with Crippen LogP contribution in [0.5, 0.6) is 0 Å². The molecule has 154 valence electrons. The van der Waals surface area contributed by atoms with Gasteiger partial charge in [0.15, 0.2) is 0 Å². The molecule has 0 atom stereocenters. The summed E-state index contributed by atoms with van der Waals surface area (Å²) in [6, 6.07) is 1.89. The smallest absolute Gasteiger partial charge is 0.115 e. The molecule has 0 fully saturated rings. The highest BCUT2D eigenvalue weighted by Crippen LogP contribution is 2.22. The maximum atomic E-state index is 4.23. The number of hydrogen-bond acceptors (Lipinski definition) is 3. The molecule has 0 saturated heterocycles. The molecule has 0 saturated carbocycles. The molecule has 3 nitrogen and oxygen atoms in total. The maximum Gasteiger partial charge on any atom is 0.115 e. The first kappa shape index (κ1) is 24.2. The molecule has 0 spiro atoms. The molecular formula is C26H35N3. The minimum Gasteiger partial charge on any atom is -0.379 e. The van der Waals surface area contributed by atoms with Crippen molar-refractivity contribution in [2.24, 2.45) is 0 Å². The molecule has 1 N–H and O–H groups in total. The fraction of sp³-hybridized carbons (Fsp3) is 0.385. The van der Waals surface area contributed by atoms with Crippen LogP contribution in [0.25, 0.3) is 0 Å². The molecule has 0 radical (unpaired) electrons. The van der Waals surface area contributed by atoms with Crippen LogP contribution in [0.2, 0.25) is 0 Å². The second kappa shape index (κ2) is 14.2. The minimum absolute atomic E-state index is 0.594. The second-order valence-corrected chi connectivity index (χ2v) is 6.70. The van der Waals surface area contributed by atoms with Gasteiger partial charge < -0.3 is 5.32 Å². The van der Waals surface area contributed by atoms with E-state index in [-0.39, 0.29) is 0 Å². The van der Waals surface area contributed by atoms with E-state index < -0.39 is 0 Å². The van der Waals surface area contributed by atoms with E-state index in [1.165, 1.54) is 16.7 Å². The Kier molecular flexibility index (Phi) is 11.8. The molecule has 1 aromatic rings. The van der Waals surface area contributed by atoms with Crippen molar-refractivity contribution in [3.63, 3.8) is 0 Å². The highest BCUT2D eigenvalue weighted by Gasteiger charge is 2.03. The van der Waals surface area contributed by atoms with Crippen molar-refractivity contribution in [1.29, 1.82) is 0 Å². The summed E-state index contributed by atoms with van der Waals surface area (Å²) in [5, 5.41) is 3.32. The molecule has 29 heavy (non-hydrogen) atoms. The molecule has 0 unspecified atom stereocenters. The number of nitrogens with zero attached hydrogens (tertiary/aromatic N) is 2. The van der Waals surface area contributed by atoms with Crippen molar-refractivity contribution >= 4 is 0 Å². The summed E-state index contributed by atoms with van der Waals surface area (Å²) in [7, 11) is 0. The first-order chi connectivity index (χ1) is 14.1. The van der Waals surface area contributed by atoms with E-state index in [0.717, 1.165) is 42.6 Å². The molecule has 1 rings (SSSR count). The lowest BCUT2D eigenvalue weighted by Crippen LogP contribution is -2.14. The second-order valence-electron chi connectivity index (χ2n) is 6.70. The topological polar surface area (TPSA) is 37.8 Å². The first-order valence-electron chi connectivity index (χ1n) is 10.5. The van der Waals surface area contributed by atoms with Gasteiger partial charge >= 0.3 is 0 Å². The number of rotatable bonds is 10. The molecule has 3 heteroatoms. The zero-order valence-corrected chi connectivity index (χ0v) is 18.7. The lowest BCUT2D eigenvalue weighted by atomic mass is 9.96. The monoisotopic (exact) mass is 389 g/mol. The van der Waals surface area contributed by atoms with Crippen LogP contribution in [-0.4, -0.2) is 9.97 Å². The fourth-order valence-electron chi connectivity index (χ4n) is 2.91. The maximum absolute atomic E-state index is 4.23. The average Bonchev–Trinajstić information content (AvgIpc) is 2.75. The van der Waals surface area contributed by atoms with E-state index in [1.54, 1.807) is 12.5 Å². The van der Waals surface area contributed by atoms with Crippen LogP contribution >= 0.6 is 0 Å². The normalized spacial score (nSPS) is 13.0. The summed E-state index contributed by atoms with van der Waals surface area (Å²) < 4.78 is 0. The largest absolute Gasteiger partial charge is 0.379 e. The molecule has 0 aliphatic rings. The Morgan fingerprint density at radius 3 is 2.66 bits per heavy atom. The van der Waals surface area contributed by atoms with Crippen LogP contribution in [0.15, 0.2) is 77.5 Å². The predicted molar refractivity (Wildman–Crippen MR) is 125 cm³/mol. The quantitative estimate of drug-likeness (QED) is 0.369. The third-order valence-corrected chi connectivity index (χ3v) is 4.62. The van der Waals surface area contributed by atoms with Gasteiger partial charge in [0.2, 0.25) is 0 Å². The van der Waals surface area contributed by atoms with Gasteiger partial charge in [0.1, 0.15) is 6.33 Å². The van der Waals surface area contributed by atoms with Crippen LogP contribution in [0.3, 0.4) is 0 Å². The standard InChI is InChI=1S/C26H35N3/c1-7-11-14-25(22(6)28-19-26-17-18-27-20-29-26)16-12-15-24(10-4)21(5)23(9-3)13-8-2/h9,12,15-18,20,28H,6-8,10,13,19H2,1-5H3/b15-12+,23-9-,24-21-,25-16+. The Morgan fingerprint density at radius 1 is 1.28 bits per heavy atom. The van der Waals surface area contributed by atoms with E-state index in [0.29, 0.717) is 6.54 Å². The molecule has 0 aliphatic carbocycles. The van der Waals surface area contributed by atoms with Crippen LogP contribution in [0.4, 0.5) is 0 Å². The number of allylic oxidation sites excluding steroid dienone is 8. The Hall–Kier alpha value is -2.86. The third-order valence-electron chi connectivity index (χ3n) is 4.62. The van der Waals surface area contributed by atoms with E-state index in [2.05, 4.69) is 79.6 Å². The Morgan fingerprint density at radius 2 is 2.07 bits per heavy atom. The number of hydrogen-bond donors (Lipinski definition) is 1. The molecule has 0 amide bonds. The zero-order chi connectivity index (χ0) is 21.5. The van der Waals surface area contributed by atoms with Gasteiger partial charge in [0.25, 0.3) is 0 Å². The SMILES string of the molecule is C=C(NCc1ccncn1)/C(C#CCC)=C/C=C/C(CC)=C(C)\C(=C/C)CCC. The van der Waals surface area contributed by atoms with E-state index in [9.17, 15) is 0 Å². The van der Waals surface area contributed by atoms with Crippen molar-refractivity contribution in [3.8, 4) is 11.8 Å². The molecular weight excluding hydrogens is 354 g/mol. The minimum atomic E-state index is 0.594. The van der Waals surface area contributed by atoms with E-state index in [4.69, 9.17) is 0 Å². The average molecular weight is 390 g/mol. The molecule has 1 heterocycles. The van der Waals surface area contributed by atoms with Gasteiger partial charge in [-0.25, -0.2) is 9.97 Å². The number of aromatic nitrogens is 2. The van der Waals surface area contributed by atoms with Gasteiger partial charge in [-0.15, -0.1) is 0 Å². The first-order valence-corrected chi connectivity index (χ1v) is 10.5. The van der Waals surface area contributed by atoms with Gasteiger partial charge in [-0.2, -0.15) is 0 Å². The Balaban J connectivity index is 3.00. The fourth-order valence-corrected chi connectivity index (χ4v) is 2.91. The summed E-state index contributed by atoms with van der Waals surface area (Å²) >= 11 is 0. The van der Waals surface area contributed by atoms with Crippen LogP contribution in [0, 0.1) is 11.8 Å². The molecule has 0 bridgehead atoms. The molecule has 1 aromatic heterocycles. The lowest BCUT2D eigenvalue weighted by molar-refractivity contribution is 0.797. The predicted octanol–water partition coefficient (Wildman–Crippen LogP) is 6.45. The van der Waals surface area contributed by atoms with Crippen molar-refractivity contribution in [3.05, 3.63) is 83.2 Å². The molecule has 0 aliphatic heterocycles. The summed E-state index contributed by atoms with van der Waals surface area (Å²) in [5.74, 6) is 6.36. The van der Waals surface area contributed by atoms with Crippen molar-refractivity contribution < 1.29 is 0 Å². The zero-order valence-electron chi connectivity index (χ0n) is 18.7. The highest BCUT2D eigenvalue weighted by molar-refractivity contribution is 5.47. The summed E-state index contributed by atoms with van der Waals surface area (Å²) in [6.07, 6.45) is 15.9. The third kappa shape index (κ3) is 8.79. The van der Waals surface area contributed by atoms with Crippen LogP contribution < -0.4 is 5.32 Å². The van der Waals surface area contributed by atoms with Crippen molar-refractivity contribution in [1.82, 2.24) is 15.3 Å². The number of nitrogens with one attached hydrogen (secondary N) is 1. The van der Waals surface area contributed by atoms with Gasteiger partial charge in [-0.05, 0) is 55.6 Å². The van der Waals surface area contributed by atoms with Gasteiger partial charge in [0, 0.05) is 23.9 Å². The molecule has 0 aromatic carbocycles. The summed E-state index contributed by atoms with van der Waals surface area (Å²) in [4.78, 5) is 8.18. The van der Waals surface area contributed by atoms with Crippen LogP contribution in [0.1, 0.15) is 66.0 Å².